The predicted molar refractivity (Wildman–Crippen MR) is 106 cm³/mol. The van der Waals surface area contributed by atoms with E-state index >= 15 is 0 Å². The van der Waals surface area contributed by atoms with Crippen LogP contribution in [0.1, 0.15) is 35.4 Å². The average Bonchev–Trinajstić information content (AvgIpc) is 3.46. The summed E-state index contributed by atoms with van der Waals surface area (Å²) in [4.78, 5) is 24.0. The summed E-state index contributed by atoms with van der Waals surface area (Å²) in [5.41, 5.74) is 3.35. The van der Waals surface area contributed by atoms with Crippen LogP contribution in [0.5, 0.6) is 0 Å². The van der Waals surface area contributed by atoms with Crippen LogP contribution in [0, 0.1) is 12.8 Å². The summed E-state index contributed by atoms with van der Waals surface area (Å²) in [7, 11) is 0. The van der Waals surface area contributed by atoms with Gasteiger partial charge in [-0.2, -0.15) is 0 Å². The minimum absolute atomic E-state index is 0.0352. The Morgan fingerprint density at radius 1 is 1.15 bits per heavy atom. The Morgan fingerprint density at radius 3 is 2.63 bits per heavy atom. The molecule has 3 rings (SSSR count). The van der Waals surface area contributed by atoms with E-state index in [0.29, 0.717) is 24.4 Å². The molecule has 1 fully saturated rings. The van der Waals surface area contributed by atoms with Crippen LogP contribution in [-0.4, -0.2) is 25.0 Å². The molecule has 4 nitrogen and oxygen atoms in total. The summed E-state index contributed by atoms with van der Waals surface area (Å²) in [6.07, 6.45) is 1.90. The Bertz CT molecular complexity index is 803. The van der Waals surface area contributed by atoms with Crippen LogP contribution in [0.25, 0.3) is 0 Å². The Kier molecular flexibility index (Phi) is 6.51. The van der Waals surface area contributed by atoms with E-state index in [9.17, 15) is 9.59 Å². The molecular formula is C22H24ClNO3. The Balaban J connectivity index is 1.31. The van der Waals surface area contributed by atoms with E-state index < -0.39 is 0 Å². The SMILES string of the molecule is Cc1ccc(CCC(=O)NCCOC(=O)C2CC2c2ccccc2Cl)cc1. The summed E-state index contributed by atoms with van der Waals surface area (Å²) in [5.74, 6) is -0.224. The van der Waals surface area contributed by atoms with Crippen molar-refractivity contribution in [1.29, 1.82) is 0 Å². The molecule has 5 heteroatoms. The molecule has 0 heterocycles. The minimum atomic E-state index is -0.214. The molecule has 2 aromatic carbocycles. The van der Waals surface area contributed by atoms with Gasteiger partial charge in [0, 0.05) is 11.4 Å². The van der Waals surface area contributed by atoms with Crippen LogP contribution in [0.15, 0.2) is 48.5 Å². The summed E-state index contributed by atoms with van der Waals surface area (Å²) in [6.45, 7) is 2.57. The molecule has 142 valence electrons. The fourth-order valence-electron chi connectivity index (χ4n) is 3.13. The van der Waals surface area contributed by atoms with Gasteiger partial charge in [0.1, 0.15) is 6.61 Å². The molecular weight excluding hydrogens is 362 g/mol. The number of amides is 1. The Hall–Kier alpha value is -2.33. The number of hydrogen-bond donors (Lipinski definition) is 1. The molecule has 2 atom stereocenters. The second-order valence-electron chi connectivity index (χ2n) is 6.97. The van der Waals surface area contributed by atoms with Gasteiger partial charge in [0.15, 0.2) is 0 Å². The van der Waals surface area contributed by atoms with Crippen molar-refractivity contribution in [2.75, 3.05) is 13.2 Å². The Labute approximate surface area is 164 Å². The van der Waals surface area contributed by atoms with Crippen LogP contribution in [0.3, 0.4) is 0 Å². The highest BCUT2D eigenvalue weighted by atomic mass is 35.5. The van der Waals surface area contributed by atoms with Gasteiger partial charge in [-0.15, -0.1) is 0 Å². The zero-order chi connectivity index (χ0) is 19.2. The first-order valence-electron chi connectivity index (χ1n) is 9.28. The molecule has 0 aliphatic heterocycles. The monoisotopic (exact) mass is 385 g/mol. The van der Waals surface area contributed by atoms with Crippen molar-refractivity contribution in [2.24, 2.45) is 5.92 Å². The third kappa shape index (κ3) is 5.57. The van der Waals surface area contributed by atoms with E-state index in [-0.39, 0.29) is 30.3 Å². The van der Waals surface area contributed by atoms with Gasteiger partial charge >= 0.3 is 5.97 Å². The maximum absolute atomic E-state index is 12.1. The normalized spacial score (nSPS) is 18.0. The summed E-state index contributed by atoms with van der Waals surface area (Å²) in [6, 6.07) is 15.8. The van der Waals surface area contributed by atoms with Crippen molar-refractivity contribution in [1.82, 2.24) is 5.32 Å². The van der Waals surface area contributed by atoms with Gasteiger partial charge in [-0.25, -0.2) is 0 Å². The number of hydrogen-bond acceptors (Lipinski definition) is 3. The summed E-state index contributed by atoms with van der Waals surface area (Å²) >= 11 is 6.17. The van der Waals surface area contributed by atoms with Crippen molar-refractivity contribution in [3.63, 3.8) is 0 Å². The molecule has 0 saturated heterocycles. The number of halogens is 1. The zero-order valence-electron chi connectivity index (χ0n) is 15.4. The maximum atomic E-state index is 12.1. The highest BCUT2D eigenvalue weighted by molar-refractivity contribution is 6.31. The maximum Gasteiger partial charge on any atom is 0.309 e. The average molecular weight is 386 g/mol. The lowest BCUT2D eigenvalue weighted by molar-refractivity contribution is -0.145. The zero-order valence-corrected chi connectivity index (χ0v) is 16.2. The smallest absolute Gasteiger partial charge is 0.309 e. The quantitative estimate of drug-likeness (QED) is 0.551. The van der Waals surface area contributed by atoms with Crippen LogP contribution in [-0.2, 0) is 20.7 Å². The predicted octanol–water partition coefficient (Wildman–Crippen LogP) is 4.04. The molecule has 27 heavy (non-hydrogen) atoms. The molecule has 0 spiro atoms. The van der Waals surface area contributed by atoms with Gasteiger partial charge in [0.25, 0.3) is 0 Å². The first-order chi connectivity index (χ1) is 13.0. The second-order valence-corrected chi connectivity index (χ2v) is 7.38. The van der Waals surface area contributed by atoms with Crippen LogP contribution < -0.4 is 5.32 Å². The largest absolute Gasteiger partial charge is 0.464 e. The second kappa shape index (κ2) is 9.05. The van der Waals surface area contributed by atoms with Gasteiger partial charge in [0.2, 0.25) is 5.91 Å². The molecule has 2 unspecified atom stereocenters. The molecule has 1 aliphatic rings. The lowest BCUT2D eigenvalue weighted by atomic mass is 10.1. The molecule has 1 saturated carbocycles. The highest BCUT2D eigenvalue weighted by Gasteiger charge is 2.45. The van der Waals surface area contributed by atoms with E-state index in [1.165, 1.54) is 5.56 Å². The van der Waals surface area contributed by atoms with Gasteiger partial charge < -0.3 is 10.1 Å². The first-order valence-corrected chi connectivity index (χ1v) is 9.65. The number of aryl methyl sites for hydroxylation is 2. The number of esters is 1. The van der Waals surface area contributed by atoms with Crippen molar-refractivity contribution >= 4 is 23.5 Å². The summed E-state index contributed by atoms with van der Waals surface area (Å²) < 4.78 is 5.29. The molecule has 1 aliphatic carbocycles. The number of benzene rings is 2. The number of ether oxygens (including phenoxy) is 1. The standard InChI is InChI=1S/C22H24ClNO3/c1-15-6-8-16(9-7-15)10-11-21(25)24-12-13-27-22(26)19-14-18(19)17-4-2-3-5-20(17)23/h2-9,18-19H,10-14H2,1H3,(H,24,25). The lowest BCUT2D eigenvalue weighted by Crippen LogP contribution is -2.28. The van der Waals surface area contributed by atoms with Gasteiger partial charge in [-0.05, 0) is 42.9 Å². The van der Waals surface area contributed by atoms with E-state index in [1.54, 1.807) is 0 Å². The van der Waals surface area contributed by atoms with Crippen molar-refractivity contribution in [2.45, 2.75) is 32.1 Å². The fraction of sp³-hybridized carbons (Fsp3) is 0.364. The van der Waals surface area contributed by atoms with E-state index in [0.717, 1.165) is 17.5 Å². The van der Waals surface area contributed by atoms with Crippen molar-refractivity contribution in [3.8, 4) is 0 Å². The van der Waals surface area contributed by atoms with Crippen LogP contribution in [0.4, 0.5) is 0 Å². The van der Waals surface area contributed by atoms with Gasteiger partial charge in [-0.1, -0.05) is 59.6 Å². The molecule has 1 amide bonds. The van der Waals surface area contributed by atoms with Crippen molar-refractivity contribution < 1.29 is 14.3 Å². The topological polar surface area (TPSA) is 55.4 Å². The fourth-order valence-corrected chi connectivity index (χ4v) is 3.40. The number of carbonyl (C=O) groups excluding carboxylic acids is 2. The van der Waals surface area contributed by atoms with Gasteiger partial charge in [0.05, 0.1) is 12.5 Å². The van der Waals surface area contributed by atoms with Crippen molar-refractivity contribution in [3.05, 3.63) is 70.2 Å². The molecule has 0 bridgehead atoms. The number of rotatable bonds is 8. The Morgan fingerprint density at radius 2 is 1.89 bits per heavy atom. The first kappa shape index (κ1) is 19.4. The summed E-state index contributed by atoms with van der Waals surface area (Å²) in [5, 5.41) is 3.49. The number of nitrogens with one attached hydrogen (secondary N) is 1. The highest BCUT2D eigenvalue weighted by Crippen LogP contribution is 2.50. The van der Waals surface area contributed by atoms with E-state index in [1.807, 2.05) is 55.5 Å². The number of carbonyl (C=O) groups is 2. The minimum Gasteiger partial charge on any atom is -0.464 e. The third-order valence-corrected chi connectivity index (χ3v) is 5.17. The van der Waals surface area contributed by atoms with Crippen LogP contribution >= 0.6 is 11.6 Å². The van der Waals surface area contributed by atoms with E-state index in [2.05, 4.69) is 5.32 Å². The third-order valence-electron chi connectivity index (χ3n) is 4.83. The molecule has 2 aromatic rings. The molecule has 1 N–H and O–H groups in total. The van der Waals surface area contributed by atoms with Crippen LogP contribution in [0.2, 0.25) is 5.02 Å². The lowest BCUT2D eigenvalue weighted by Gasteiger charge is -2.07. The molecule has 0 aromatic heterocycles. The van der Waals surface area contributed by atoms with E-state index in [4.69, 9.17) is 16.3 Å². The van der Waals surface area contributed by atoms with Gasteiger partial charge in [-0.3, -0.25) is 9.59 Å². The molecule has 0 radical (unpaired) electrons.